The summed E-state index contributed by atoms with van der Waals surface area (Å²) >= 11 is 11.7. The number of aliphatic imine (C=N–C) groups is 1. The molecule has 0 saturated carbocycles. The molecule has 7 heteroatoms. The van der Waals surface area contributed by atoms with Crippen LogP contribution in [0.2, 0.25) is 10.0 Å². The third-order valence-electron chi connectivity index (χ3n) is 3.42. The lowest BCUT2D eigenvalue weighted by atomic mass is 9.85. The van der Waals surface area contributed by atoms with Gasteiger partial charge in [0, 0.05) is 29.8 Å². The van der Waals surface area contributed by atoms with Crippen molar-refractivity contribution < 1.29 is 17.9 Å². The van der Waals surface area contributed by atoms with Gasteiger partial charge in [-0.05, 0) is 31.0 Å². The predicted octanol–water partition coefficient (Wildman–Crippen LogP) is 5.66. The van der Waals surface area contributed by atoms with Crippen molar-refractivity contribution in [3.05, 3.63) is 33.8 Å². The second-order valence-corrected chi connectivity index (χ2v) is 5.69. The van der Waals surface area contributed by atoms with Crippen LogP contribution in [-0.4, -0.2) is 26.0 Å². The van der Waals surface area contributed by atoms with Crippen LogP contribution in [0.25, 0.3) is 0 Å². The van der Waals surface area contributed by atoms with Crippen molar-refractivity contribution in [2.45, 2.75) is 38.0 Å². The topological polar surface area (TPSA) is 21.6 Å². The number of ether oxygens (including phenoxy) is 1. The zero-order valence-corrected chi connectivity index (χ0v) is 14.1. The number of unbranched alkanes of at least 4 members (excludes halogenated alkanes) is 1. The predicted molar refractivity (Wildman–Crippen MR) is 84.1 cm³/mol. The Morgan fingerprint density at radius 2 is 1.73 bits per heavy atom. The van der Waals surface area contributed by atoms with E-state index in [1.54, 1.807) is 0 Å². The molecule has 2 nitrogen and oxygen atoms in total. The Hall–Kier alpha value is -0.780. The molecule has 124 valence electrons. The first-order chi connectivity index (χ1) is 10.2. The van der Waals surface area contributed by atoms with Gasteiger partial charge in [0.2, 0.25) is 5.60 Å². The maximum Gasteiger partial charge on any atom is 0.427 e. The molecule has 0 N–H and O–H groups in total. The average Bonchev–Trinajstić information content (AvgIpc) is 2.40. The van der Waals surface area contributed by atoms with Gasteiger partial charge >= 0.3 is 6.18 Å². The molecule has 0 aliphatic carbocycles. The number of rotatable bonds is 6. The summed E-state index contributed by atoms with van der Waals surface area (Å²) in [6, 6.07) is 3.79. The minimum Gasteiger partial charge on any atom is -0.359 e. The molecule has 0 bridgehead atoms. The summed E-state index contributed by atoms with van der Waals surface area (Å²) in [6.45, 7) is 1.89. The number of alkyl halides is 3. The summed E-state index contributed by atoms with van der Waals surface area (Å²) in [7, 11) is 2.34. The SMILES string of the molecule is CCCCC(=NC)C(OC)(c1cc(Cl)cc(Cl)c1)C(F)(F)F. The van der Waals surface area contributed by atoms with Gasteiger partial charge in [0.15, 0.2) is 0 Å². The van der Waals surface area contributed by atoms with E-state index in [0.717, 1.165) is 13.5 Å². The second-order valence-electron chi connectivity index (χ2n) is 4.82. The fraction of sp³-hybridized carbons (Fsp3) is 0.533. The minimum atomic E-state index is -4.70. The molecule has 22 heavy (non-hydrogen) atoms. The maximum absolute atomic E-state index is 13.9. The number of halogens is 5. The normalized spacial score (nSPS) is 15.7. The lowest BCUT2D eigenvalue weighted by Crippen LogP contribution is -2.51. The van der Waals surface area contributed by atoms with Crippen LogP contribution >= 0.6 is 23.2 Å². The maximum atomic E-state index is 13.9. The van der Waals surface area contributed by atoms with E-state index in [0.29, 0.717) is 6.42 Å². The summed E-state index contributed by atoms with van der Waals surface area (Å²) in [5.74, 6) is 0. The number of benzene rings is 1. The van der Waals surface area contributed by atoms with E-state index in [1.165, 1.54) is 25.2 Å². The van der Waals surface area contributed by atoms with Crippen LogP contribution in [0.3, 0.4) is 0 Å². The first-order valence-electron chi connectivity index (χ1n) is 6.77. The Morgan fingerprint density at radius 1 is 1.18 bits per heavy atom. The van der Waals surface area contributed by atoms with Crippen LogP contribution in [0, 0.1) is 0 Å². The van der Waals surface area contributed by atoms with E-state index < -0.39 is 11.8 Å². The van der Waals surface area contributed by atoms with Gasteiger partial charge in [0.25, 0.3) is 0 Å². The second kappa shape index (κ2) is 7.66. The fourth-order valence-electron chi connectivity index (χ4n) is 2.39. The number of methoxy groups -OCH3 is 1. The third-order valence-corrected chi connectivity index (χ3v) is 3.85. The monoisotopic (exact) mass is 355 g/mol. The average molecular weight is 356 g/mol. The highest BCUT2D eigenvalue weighted by atomic mass is 35.5. The van der Waals surface area contributed by atoms with Gasteiger partial charge in [0.05, 0.1) is 5.71 Å². The van der Waals surface area contributed by atoms with Gasteiger partial charge in [-0.3, -0.25) is 4.99 Å². The number of hydrogen-bond acceptors (Lipinski definition) is 2. The van der Waals surface area contributed by atoms with Crippen LogP contribution in [0.5, 0.6) is 0 Å². The summed E-state index contributed by atoms with van der Waals surface area (Å²) in [4.78, 5) is 3.86. The molecule has 1 aromatic carbocycles. The Labute approximate surface area is 138 Å². The van der Waals surface area contributed by atoms with Crippen LogP contribution in [-0.2, 0) is 10.3 Å². The molecule has 1 rings (SSSR count). The standard InChI is InChI=1S/C15H18Cl2F3NO/c1-4-5-6-13(21-2)14(22-3,15(18,19)20)10-7-11(16)9-12(17)8-10/h7-9H,4-6H2,1-3H3. The molecule has 0 amide bonds. The smallest absolute Gasteiger partial charge is 0.359 e. The molecule has 1 aromatic rings. The van der Waals surface area contributed by atoms with Crippen molar-refractivity contribution in [1.82, 2.24) is 0 Å². The van der Waals surface area contributed by atoms with Gasteiger partial charge in [-0.1, -0.05) is 36.5 Å². The summed E-state index contributed by atoms with van der Waals surface area (Å²) in [5, 5.41) is 0.221. The van der Waals surface area contributed by atoms with Crippen LogP contribution in [0.4, 0.5) is 13.2 Å². The highest BCUT2D eigenvalue weighted by Crippen LogP contribution is 2.45. The van der Waals surface area contributed by atoms with Crippen molar-refractivity contribution in [3.63, 3.8) is 0 Å². The lowest BCUT2D eigenvalue weighted by Gasteiger charge is -2.36. The van der Waals surface area contributed by atoms with E-state index >= 15 is 0 Å². The largest absolute Gasteiger partial charge is 0.427 e. The van der Waals surface area contributed by atoms with Gasteiger partial charge < -0.3 is 4.74 Å². The Bertz CT molecular complexity index is 526. The van der Waals surface area contributed by atoms with Crippen molar-refractivity contribution in [1.29, 1.82) is 0 Å². The fourth-order valence-corrected chi connectivity index (χ4v) is 2.92. The highest BCUT2D eigenvalue weighted by Gasteiger charge is 2.60. The van der Waals surface area contributed by atoms with Crippen LogP contribution in [0.1, 0.15) is 31.7 Å². The first kappa shape index (κ1) is 19.3. The van der Waals surface area contributed by atoms with Crippen molar-refractivity contribution in [2.24, 2.45) is 4.99 Å². The summed E-state index contributed by atoms with van der Waals surface area (Å²) < 4.78 is 46.7. The molecule has 0 heterocycles. The van der Waals surface area contributed by atoms with Crippen LogP contribution < -0.4 is 0 Å². The quantitative estimate of drug-likeness (QED) is 0.603. The molecule has 0 aliphatic rings. The molecule has 1 atom stereocenters. The number of hydrogen-bond donors (Lipinski definition) is 0. The first-order valence-corrected chi connectivity index (χ1v) is 7.53. The van der Waals surface area contributed by atoms with Gasteiger partial charge in [-0.15, -0.1) is 0 Å². The zero-order chi connectivity index (χ0) is 17.0. The van der Waals surface area contributed by atoms with Gasteiger partial charge in [0.1, 0.15) is 0 Å². The molecule has 0 aromatic heterocycles. The molecular formula is C15H18Cl2F3NO. The van der Waals surface area contributed by atoms with Crippen molar-refractivity contribution in [2.75, 3.05) is 14.2 Å². The van der Waals surface area contributed by atoms with Crippen molar-refractivity contribution in [3.8, 4) is 0 Å². The molecule has 0 spiro atoms. The lowest BCUT2D eigenvalue weighted by molar-refractivity contribution is -0.246. The molecular weight excluding hydrogens is 338 g/mol. The molecule has 0 saturated heterocycles. The highest BCUT2D eigenvalue weighted by molar-refractivity contribution is 6.34. The molecule has 0 radical (unpaired) electrons. The minimum absolute atomic E-state index is 0.0947. The Morgan fingerprint density at radius 3 is 2.09 bits per heavy atom. The molecule has 1 unspecified atom stereocenters. The van der Waals surface area contributed by atoms with E-state index in [9.17, 15) is 13.2 Å². The summed E-state index contributed by atoms with van der Waals surface area (Å²) in [6.07, 6.45) is -3.21. The Balaban J connectivity index is 3.58. The molecule has 0 fully saturated rings. The third kappa shape index (κ3) is 3.76. The van der Waals surface area contributed by atoms with E-state index in [-0.39, 0.29) is 27.7 Å². The van der Waals surface area contributed by atoms with Crippen molar-refractivity contribution >= 4 is 28.9 Å². The van der Waals surface area contributed by atoms with Crippen LogP contribution in [0.15, 0.2) is 23.2 Å². The molecule has 0 aliphatic heterocycles. The van der Waals surface area contributed by atoms with Gasteiger partial charge in [-0.2, -0.15) is 13.2 Å². The summed E-state index contributed by atoms with van der Waals surface area (Å²) in [5.41, 5.74) is -2.91. The number of nitrogens with zero attached hydrogens (tertiary/aromatic N) is 1. The van der Waals surface area contributed by atoms with E-state index in [4.69, 9.17) is 27.9 Å². The Kier molecular flexibility index (Phi) is 6.71. The zero-order valence-electron chi connectivity index (χ0n) is 12.6. The van der Waals surface area contributed by atoms with E-state index in [2.05, 4.69) is 4.99 Å². The van der Waals surface area contributed by atoms with E-state index in [1.807, 2.05) is 6.92 Å². The van der Waals surface area contributed by atoms with Gasteiger partial charge in [-0.25, -0.2) is 0 Å².